The maximum atomic E-state index is 12.9. The number of amides is 1. The zero-order chi connectivity index (χ0) is 18.7. The summed E-state index contributed by atoms with van der Waals surface area (Å²) in [5.74, 6) is -0.428. The van der Waals surface area contributed by atoms with Crippen molar-refractivity contribution in [3.63, 3.8) is 0 Å². The van der Waals surface area contributed by atoms with Gasteiger partial charge in [-0.05, 0) is 36.4 Å². The summed E-state index contributed by atoms with van der Waals surface area (Å²) in [7, 11) is -2.41. The minimum absolute atomic E-state index is 0.00626. The molecule has 1 amide bonds. The molecule has 1 N–H and O–H groups in total. The topological polar surface area (TPSA) is 79.4 Å². The molecule has 3 aromatic rings. The van der Waals surface area contributed by atoms with Crippen molar-refractivity contribution in [3.8, 4) is 0 Å². The number of hydrogen-bond acceptors (Lipinski definition) is 5. The summed E-state index contributed by atoms with van der Waals surface area (Å²) in [5, 5.41) is 5.24. The highest BCUT2D eigenvalue weighted by Gasteiger charge is 2.22. The number of nitrogens with zero attached hydrogens (tertiary/aromatic N) is 2. The van der Waals surface area contributed by atoms with Gasteiger partial charge in [-0.3, -0.25) is 14.4 Å². The standard InChI is InChI=1S/C17H14ClN3O3S2/c1-21(14-6-3-5-13(18)11-14)26(23,24)15-7-2-4-12(10-15)16(22)20-17-19-8-9-25-17/h2-11H,1H3,(H,19,20,22). The largest absolute Gasteiger partial charge is 0.298 e. The first-order chi connectivity index (χ1) is 12.4. The molecule has 0 saturated heterocycles. The van der Waals surface area contributed by atoms with E-state index in [1.54, 1.807) is 41.9 Å². The molecule has 1 aromatic heterocycles. The predicted molar refractivity (Wildman–Crippen MR) is 104 cm³/mol. The molecule has 0 aliphatic carbocycles. The van der Waals surface area contributed by atoms with Gasteiger partial charge in [0.1, 0.15) is 0 Å². The second kappa shape index (κ2) is 7.45. The molecule has 3 rings (SSSR count). The van der Waals surface area contributed by atoms with Gasteiger partial charge in [-0.1, -0.05) is 23.7 Å². The van der Waals surface area contributed by atoms with E-state index in [2.05, 4.69) is 10.3 Å². The highest BCUT2D eigenvalue weighted by Crippen LogP contribution is 2.25. The normalized spacial score (nSPS) is 11.2. The third-order valence-corrected chi connectivity index (χ3v) is 6.28. The molecule has 1 heterocycles. The van der Waals surface area contributed by atoms with Crippen LogP contribution in [-0.4, -0.2) is 26.4 Å². The van der Waals surface area contributed by atoms with Gasteiger partial charge in [-0.2, -0.15) is 0 Å². The Bertz CT molecular complexity index is 1040. The van der Waals surface area contributed by atoms with Crippen LogP contribution in [0.2, 0.25) is 5.02 Å². The Kier molecular flexibility index (Phi) is 5.26. The zero-order valence-electron chi connectivity index (χ0n) is 13.6. The third kappa shape index (κ3) is 3.87. The van der Waals surface area contributed by atoms with Crippen LogP contribution in [0.4, 0.5) is 10.8 Å². The van der Waals surface area contributed by atoms with Gasteiger partial charge >= 0.3 is 0 Å². The number of halogens is 1. The summed E-state index contributed by atoms with van der Waals surface area (Å²) < 4.78 is 26.9. The quantitative estimate of drug-likeness (QED) is 0.696. The van der Waals surface area contributed by atoms with Gasteiger partial charge in [-0.15, -0.1) is 11.3 Å². The maximum Gasteiger partial charge on any atom is 0.264 e. The van der Waals surface area contributed by atoms with Crippen molar-refractivity contribution in [1.29, 1.82) is 0 Å². The zero-order valence-corrected chi connectivity index (χ0v) is 16.0. The van der Waals surface area contributed by atoms with Crippen molar-refractivity contribution >= 4 is 49.7 Å². The molecule has 0 bridgehead atoms. The van der Waals surface area contributed by atoms with Crippen LogP contribution >= 0.6 is 22.9 Å². The summed E-state index contributed by atoms with van der Waals surface area (Å²) in [6.07, 6.45) is 1.57. The number of carbonyl (C=O) groups excluding carboxylic acids is 1. The molecule has 9 heteroatoms. The van der Waals surface area contributed by atoms with Crippen LogP contribution in [-0.2, 0) is 10.0 Å². The van der Waals surface area contributed by atoms with E-state index in [0.29, 0.717) is 15.8 Å². The number of hydrogen-bond donors (Lipinski definition) is 1. The van der Waals surface area contributed by atoms with Gasteiger partial charge in [0.25, 0.3) is 15.9 Å². The maximum absolute atomic E-state index is 12.9. The Hall–Kier alpha value is -2.42. The lowest BCUT2D eigenvalue weighted by Gasteiger charge is -2.20. The fourth-order valence-corrected chi connectivity index (χ4v) is 4.16. The molecular weight excluding hydrogens is 394 g/mol. The van der Waals surface area contributed by atoms with E-state index in [9.17, 15) is 13.2 Å². The summed E-state index contributed by atoms with van der Waals surface area (Å²) in [4.78, 5) is 16.3. The number of sulfonamides is 1. The molecule has 0 unspecified atom stereocenters. The van der Waals surface area contributed by atoms with Gasteiger partial charge in [-0.25, -0.2) is 13.4 Å². The first-order valence-corrected chi connectivity index (χ1v) is 10.1. The van der Waals surface area contributed by atoms with Crippen LogP contribution in [0.3, 0.4) is 0 Å². The van der Waals surface area contributed by atoms with Crippen LogP contribution in [0.1, 0.15) is 10.4 Å². The van der Waals surface area contributed by atoms with Crippen LogP contribution in [0.15, 0.2) is 65.0 Å². The van der Waals surface area contributed by atoms with Gasteiger partial charge in [0.2, 0.25) is 0 Å². The Morgan fingerprint density at radius 1 is 1.19 bits per heavy atom. The lowest BCUT2D eigenvalue weighted by molar-refractivity contribution is 0.102. The van der Waals surface area contributed by atoms with Gasteiger partial charge in [0.15, 0.2) is 5.13 Å². The van der Waals surface area contributed by atoms with Crippen LogP contribution < -0.4 is 9.62 Å². The molecule has 26 heavy (non-hydrogen) atoms. The lowest BCUT2D eigenvalue weighted by Crippen LogP contribution is -2.26. The average Bonchev–Trinajstić information content (AvgIpc) is 3.14. The van der Waals surface area contributed by atoms with Crippen molar-refractivity contribution in [2.24, 2.45) is 0 Å². The van der Waals surface area contributed by atoms with Crippen molar-refractivity contribution < 1.29 is 13.2 Å². The number of nitrogens with one attached hydrogen (secondary N) is 1. The molecule has 134 valence electrons. The molecule has 0 atom stereocenters. The highest BCUT2D eigenvalue weighted by atomic mass is 35.5. The van der Waals surface area contributed by atoms with Gasteiger partial charge in [0.05, 0.1) is 10.6 Å². The van der Waals surface area contributed by atoms with E-state index in [-0.39, 0.29) is 10.5 Å². The monoisotopic (exact) mass is 407 g/mol. The number of anilines is 2. The number of benzene rings is 2. The van der Waals surface area contributed by atoms with E-state index in [1.807, 2.05) is 0 Å². The number of thiazole rings is 1. The molecule has 0 radical (unpaired) electrons. The Balaban J connectivity index is 1.89. The number of rotatable bonds is 5. The van der Waals surface area contributed by atoms with E-state index in [4.69, 9.17) is 11.6 Å². The highest BCUT2D eigenvalue weighted by molar-refractivity contribution is 7.92. The van der Waals surface area contributed by atoms with Crippen LogP contribution in [0, 0.1) is 0 Å². The van der Waals surface area contributed by atoms with Crippen LogP contribution in [0.5, 0.6) is 0 Å². The Labute approximate surface area is 160 Å². The first kappa shape index (κ1) is 18.4. The predicted octanol–water partition coefficient (Wildman–Crippen LogP) is 3.87. The van der Waals surface area contributed by atoms with E-state index in [0.717, 1.165) is 4.31 Å². The lowest BCUT2D eigenvalue weighted by atomic mass is 10.2. The molecule has 0 aliphatic rings. The SMILES string of the molecule is CN(c1cccc(Cl)c1)S(=O)(=O)c1cccc(C(=O)Nc2nccs2)c1. The minimum Gasteiger partial charge on any atom is -0.298 e. The second-order valence-corrected chi connectivity index (χ2v) is 8.57. The van der Waals surface area contributed by atoms with Crippen molar-refractivity contribution in [2.75, 3.05) is 16.7 Å². The van der Waals surface area contributed by atoms with E-state index < -0.39 is 15.9 Å². The summed E-state index contributed by atoms with van der Waals surface area (Å²) in [5.41, 5.74) is 0.649. The van der Waals surface area contributed by atoms with Crippen molar-refractivity contribution in [2.45, 2.75) is 4.90 Å². The third-order valence-electron chi connectivity index (χ3n) is 3.58. The first-order valence-electron chi connectivity index (χ1n) is 7.43. The summed E-state index contributed by atoms with van der Waals surface area (Å²) in [6.45, 7) is 0. The fourth-order valence-electron chi connectivity index (χ4n) is 2.22. The Morgan fingerprint density at radius 2 is 1.96 bits per heavy atom. The van der Waals surface area contributed by atoms with E-state index in [1.165, 1.54) is 36.6 Å². The molecular formula is C17H14ClN3O3S2. The van der Waals surface area contributed by atoms with Gasteiger partial charge in [0, 0.05) is 29.2 Å². The fraction of sp³-hybridized carbons (Fsp3) is 0.0588. The number of carbonyl (C=O) groups is 1. The molecule has 0 fully saturated rings. The average molecular weight is 408 g/mol. The number of aromatic nitrogens is 1. The molecule has 0 spiro atoms. The van der Waals surface area contributed by atoms with Crippen molar-refractivity contribution in [3.05, 3.63) is 70.7 Å². The van der Waals surface area contributed by atoms with Crippen LogP contribution in [0.25, 0.3) is 0 Å². The summed E-state index contributed by atoms with van der Waals surface area (Å²) >= 11 is 7.22. The summed E-state index contributed by atoms with van der Waals surface area (Å²) in [6, 6.07) is 12.4. The van der Waals surface area contributed by atoms with Gasteiger partial charge < -0.3 is 0 Å². The molecule has 2 aromatic carbocycles. The molecule has 6 nitrogen and oxygen atoms in total. The Morgan fingerprint density at radius 3 is 2.65 bits per heavy atom. The van der Waals surface area contributed by atoms with Crippen molar-refractivity contribution in [1.82, 2.24) is 4.98 Å². The smallest absolute Gasteiger partial charge is 0.264 e. The second-order valence-electron chi connectivity index (χ2n) is 5.27. The molecule has 0 saturated carbocycles. The minimum atomic E-state index is -3.85. The molecule has 0 aliphatic heterocycles. The van der Waals surface area contributed by atoms with E-state index >= 15 is 0 Å².